The van der Waals surface area contributed by atoms with Crippen molar-refractivity contribution in [2.75, 3.05) is 6.61 Å². The van der Waals surface area contributed by atoms with Crippen molar-refractivity contribution in [1.29, 1.82) is 0 Å². The summed E-state index contributed by atoms with van der Waals surface area (Å²) in [5.41, 5.74) is 0.497. The highest BCUT2D eigenvalue weighted by atomic mass is 35.5. The average Bonchev–Trinajstić information content (AvgIpc) is 2.91. The van der Waals surface area contributed by atoms with Crippen LogP contribution in [0, 0.1) is 0 Å². The van der Waals surface area contributed by atoms with Crippen LogP contribution in [0.5, 0.6) is 5.75 Å². The minimum absolute atomic E-state index is 0.389. The molecule has 108 valence electrons. The van der Waals surface area contributed by atoms with Crippen LogP contribution >= 0.6 is 23.2 Å². The molecule has 1 unspecified atom stereocenters. The average molecular weight is 315 g/mol. The molecule has 20 heavy (non-hydrogen) atoms. The summed E-state index contributed by atoms with van der Waals surface area (Å²) < 4.78 is 10.9. The first-order chi connectivity index (χ1) is 9.56. The number of ether oxygens (including phenoxy) is 1. The maximum absolute atomic E-state index is 10.3. The van der Waals surface area contributed by atoms with Crippen LogP contribution in [-0.2, 0) is 6.42 Å². The highest BCUT2D eigenvalue weighted by Gasteiger charge is 2.20. The van der Waals surface area contributed by atoms with Gasteiger partial charge in [-0.15, -0.1) is 0 Å². The van der Waals surface area contributed by atoms with Crippen molar-refractivity contribution in [2.45, 2.75) is 26.4 Å². The number of rotatable bonds is 5. The van der Waals surface area contributed by atoms with E-state index in [0.29, 0.717) is 33.7 Å². The van der Waals surface area contributed by atoms with Crippen molar-refractivity contribution in [3.8, 4) is 5.75 Å². The summed E-state index contributed by atoms with van der Waals surface area (Å²) in [7, 11) is 0. The lowest BCUT2D eigenvalue weighted by molar-refractivity contribution is 0.187. The summed E-state index contributed by atoms with van der Waals surface area (Å²) in [6.07, 6.45) is -0.180. The lowest BCUT2D eigenvalue weighted by Gasteiger charge is -2.13. The van der Waals surface area contributed by atoms with Gasteiger partial charge in [0.1, 0.15) is 23.4 Å². The second kappa shape index (κ2) is 6.53. The Morgan fingerprint density at radius 1 is 1.20 bits per heavy atom. The number of aryl methyl sites for hydroxylation is 1. The fourth-order valence-corrected chi connectivity index (χ4v) is 2.39. The van der Waals surface area contributed by atoms with E-state index in [1.165, 1.54) is 0 Å². The van der Waals surface area contributed by atoms with Crippen LogP contribution in [0.15, 0.2) is 28.7 Å². The molecule has 0 amide bonds. The smallest absolute Gasteiger partial charge is 0.139 e. The van der Waals surface area contributed by atoms with Crippen molar-refractivity contribution < 1.29 is 14.3 Å². The first-order valence-corrected chi connectivity index (χ1v) is 7.20. The summed E-state index contributed by atoms with van der Waals surface area (Å²) in [5, 5.41) is 11.1. The predicted octanol–water partition coefficient (Wildman–Crippen LogP) is 4.63. The number of benzene rings is 1. The number of aliphatic hydroxyl groups excluding tert-OH is 1. The fourth-order valence-electron chi connectivity index (χ4n) is 1.90. The van der Waals surface area contributed by atoms with E-state index < -0.39 is 6.10 Å². The van der Waals surface area contributed by atoms with Gasteiger partial charge < -0.3 is 14.3 Å². The Morgan fingerprint density at radius 2 is 1.95 bits per heavy atom. The molecule has 1 aromatic carbocycles. The van der Waals surface area contributed by atoms with Crippen molar-refractivity contribution in [3.05, 3.63) is 51.4 Å². The Balaban J connectivity index is 2.34. The third-order valence-corrected chi connectivity index (χ3v) is 3.57. The van der Waals surface area contributed by atoms with E-state index in [9.17, 15) is 5.11 Å². The molecular weight excluding hydrogens is 299 g/mol. The molecule has 1 N–H and O–H groups in total. The molecule has 0 fully saturated rings. The summed E-state index contributed by atoms with van der Waals surface area (Å²) in [6, 6.07) is 6.79. The number of furan rings is 1. The van der Waals surface area contributed by atoms with Crippen LogP contribution in [0.3, 0.4) is 0 Å². The third-order valence-electron chi connectivity index (χ3n) is 2.95. The molecule has 0 saturated heterocycles. The summed E-state index contributed by atoms with van der Waals surface area (Å²) in [5.74, 6) is 1.76. The SMILES string of the molecule is CCOc1cc(Cl)c(C(O)c2ccc(CC)o2)cc1Cl. The zero-order valence-corrected chi connectivity index (χ0v) is 12.8. The Morgan fingerprint density at radius 3 is 2.55 bits per heavy atom. The lowest BCUT2D eigenvalue weighted by atomic mass is 10.1. The molecule has 1 atom stereocenters. The van der Waals surface area contributed by atoms with E-state index >= 15 is 0 Å². The largest absolute Gasteiger partial charge is 0.492 e. The van der Waals surface area contributed by atoms with Gasteiger partial charge in [-0.3, -0.25) is 0 Å². The van der Waals surface area contributed by atoms with E-state index in [-0.39, 0.29) is 0 Å². The molecule has 3 nitrogen and oxygen atoms in total. The van der Waals surface area contributed by atoms with Gasteiger partial charge in [-0.25, -0.2) is 0 Å². The van der Waals surface area contributed by atoms with E-state index in [1.54, 1.807) is 18.2 Å². The zero-order valence-electron chi connectivity index (χ0n) is 11.3. The summed E-state index contributed by atoms with van der Waals surface area (Å²) in [4.78, 5) is 0. The first-order valence-electron chi connectivity index (χ1n) is 6.45. The van der Waals surface area contributed by atoms with Gasteiger partial charge >= 0.3 is 0 Å². The van der Waals surface area contributed by atoms with Crippen molar-refractivity contribution in [3.63, 3.8) is 0 Å². The van der Waals surface area contributed by atoms with Gasteiger partial charge in [0.15, 0.2) is 0 Å². The molecule has 0 saturated carbocycles. The van der Waals surface area contributed by atoms with Gasteiger partial charge in [-0.05, 0) is 25.1 Å². The zero-order chi connectivity index (χ0) is 14.7. The summed E-state index contributed by atoms with van der Waals surface area (Å²) >= 11 is 12.3. The molecule has 2 rings (SSSR count). The molecule has 1 heterocycles. The minimum Gasteiger partial charge on any atom is -0.492 e. The molecule has 0 radical (unpaired) electrons. The summed E-state index contributed by atoms with van der Waals surface area (Å²) in [6.45, 7) is 4.34. The van der Waals surface area contributed by atoms with Gasteiger partial charge in [0.2, 0.25) is 0 Å². The molecular formula is C15H16Cl2O3. The molecule has 5 heteroatoms. The van der Waals surface area contributed by atoms with Crippen LogP contribution in [-0.4, -0.2) is 11.7 Å². The lowest BCUT2D eigenvalue weighted by Crippen LogP contribution is -2.01. The Bertz CT molecular complexity index is 593. The van der Waals surface area contributed by atoms with Crippen LogP contribution in [0.2, 0.25) is 10.0 Å². The number of halogens is 2. The maximum Gasteiger partial charge on any atom is 0.139 e. The predicted molar refractivity (Wildman–Crippen MR) is 79.8 cm³/mol. The van der Waals surface area contributed by atoms with Crippen molar-refractivity contribution in [1.82, 2.24) is 0 Å². The topological polar surface area (TPSA) is 42.6 Å². The van der Waals surface area contributed by atoms with E-state index in [2.05, 4.69) is 0 Å². The Labute approximate surface area is 128 Å². The Hall–Kier alpha value is -1.16. The third kappa shape index (κ3) is 3.11. The number of hydrogen-bond acceptors (Lipinski definition) is 3. The van der Waals surface area contributed by atoms with Gasteiger partial charge in [-0.1, -0.05) is 30.1 Å². The second-order valence-electron chi connectivity index (χ2n) is 4.30. The van der Waals surface area contributed by atoms with Crippen molar-refractivity contribution in [2.24, 2.45) is 0 Å². The van der Waals surface area contributed by atoms with Gasteiger partial charge in [0.05, 0.1) is 16.7 Å². The van der Waals surface area contributed by atoms with Crippen LogP contribution in [0.25, 0.3) is 0 Å². The monoisotopic (exact) mass is 314 g/mol. The van der Waals surface area contributed by atoms with E-state index in [0.717, 1.165) is 12.2 Å². The van der Waals surface area contributed by atoms with Crippen LogP contribution in [0.4, 0.5) is 0 Å². The molecule has 0 bridgehead atoms. The highest BCUT2D eigenvalue weighted by Crippen LogP contribution is 2.36. The van der Waals surface area contributed by atoms with Gasteiger partial charge in [-0.2, -0.15) is 0 Å². The molecule has 0 aliphatic rings. The minimum atomic E-state index is -0.948. The maximum atomic E-state index is 10.3. The van der Waals surface area contributed by atoms with Crippen LogP contribution in [0.1, 0.15) is 37.0 Å². The van der Waals surface area contributed by atoms with Gasteiger partial charge in [0.25, 0.3) is 0 Å². The normalized spacial score (nSPS) is 12.4. The fraction of sp³-hybridized carbons (Fsp3) is 0.333. The van der Waals surface area contributed by atoms with Crippen LogP contribution < -0.4 is 4.74 Å². The Kier molecular flexibility index (Phi) is 4.97. The standard InChI is InChI=1S/C15H16Cl2O3/c1-3-9-5-6-13(20-9)15(18)10-7-12(17)14(19-4-2)8-11(10)16/h5-8,15,18H,3-4H2,1-2H3. The molecule has 0 aliphatic heterocycles. The molecule has 2 aromatic rings. The first kappa shape index (κ1) is 15.2. The number of aliphatic hydroxyl groups is 1. The number of hydrogen-bond donors (Lipinski definition) is 1. The van der Waals surface area contributed by atoms with Crippen molar-refractivity contribution >= 4 is 23.2 Å². The molecule has 0 spiro atoms. The van der Waals surface area contributed by atoms with E-state index in [4.69, 9.17) is 32.4 Å². The van der Waals surface area contributed by atoms with E-state index in [1.807, 2.05) is 19.9 Å². The quantitative estimate of drug-likeness (QED) is 0.875. The molecule has 1 aromatic heterocycles. The van der Waals surface area contributed by atoms with Gasteiger partial charge in [0, 0.05) is 18.1 Å². The highest BCUT2D eigenvalue weighted by molar-refractivity contribution is 6.34. The second-order valence-corrected chi connectivity index (χ2v) is 5.11. The molecule has 0 aliphatic carbocycles.